The Bertz CT molecular complexity index is 2320. The van der Waals surface area contributed by atoms with E-state index in [-0.39, 0.29) is 25.7 Å². The highest BCUT2D eigenvalue weighted by molar-refractivity contribution is 7.47. The van der Waals surface area contributed by atoms with Crippen molar-refractivity contribution in [1.29, 1.82) is 0 Å². The van der Waals surface area contributed by atoms with Crippen LogP contribution >= 0.6 is 15.6 Å². The molecule has 0 saturated heterocycles. The van der Waals surface area contributed by atoms with Gasteiger partial charge in [0.2, 0.25) is 0 Å². The standard InChI is InChI=1S/C81H140O17P2/c1-5-9-13-17-21-25-29-32-35-36-37-38-41-43-47-50-54-58-62-66-79(84)91-71-76(97-80(85)67-63-59-55-51-45-28-24-20-16-12-8-4)73-95-99(87,88)93-69-75(82)70-94-100(89,90)96-74-77(98-81(86)68-64-60-56-52-48-44-40-34-31-27-23-19-15-11-7-3)72-92-78(83)65-61-57-53-49-46-42-39-33-30-26-22-18-14-10-6-2/h9-10,13-14,21-22,25-26,32-33,35,37-39,43,47,54,58,75-77,82H,5-8,11-12,15-20,23-24,27-31,34,36,40-42,44-46,48-53,55-57,59-74H2,1-4H3,(H,87,88)(H,89,90)/b13-9-,14-10-,25-21-,26-22-,35-32-,38-37-,39-33-,47-43-,58-54-. The monoisotopic (exact) mass is 1450 g/mol. The van der Waals surface area contributed by atoms with Gasteiger partial charge in [-0.15, -0.1) is 0 Å². The van der Waals surface area contributed by atoms with E-state index in [2.05, 4.69) is 119 Å². The van der Waals surface area contributed by atoms with E-state index in [9.17, 15) is 43.2 Å². The molecule has 0 heterocycles. The molecule has 0 radical (unpaired) electrons. The van der Waals surface area contributed by atoms with Crippen LogP contribution in [0.15, 0.2) is 109 Å². The van der Waals surface area contributed by atoms with Gasteiger partial charge in [-0.3, -0.25) is 37.3 Å². The minimum absolute atomic E-state index is 0.0371. The number of esters is 4. The third kappa shape index (κ3) is 72.1. The zero-order valence-electron chi connectivity index (χ0n) is 62.8. The van der Waals surface area contributed by atoms with Crippen molar-refractivity contribution in [2.24, 2.45) is 0 Å². The van der Waals surface area contributed by atoms with Crippen LogP contribution in [0, 0.1) is 0 Å². The van der Waals surface area contributed by atoms with Crippen molar-refractivity contribution in [3.63, 3.8) is 0 Å². The number of carbonyl (C=O) groups is 4. The molecule has 0 aromatic rings. The number of allylic oxidation sites excluding steroid dienone is 18. The molecule has 576 valence electrons. The van der Waals surface area contributed by atoms with E-state index in [4.69, 9.17) is 37.0 Å². The van der Waals surface area contributed by atoms with E-state index in [0.717, 1.165) is 135 Å². The van der Waals surface area contributed by atoms with Crippen LogP contribution in [0.2, 0.25) is 0 Å². The largest absolute Gasteiger partial charge is 0.472 e. The highest BCUT2D eigenvalue weighted by Gasteiger charge is 2.30. The second-order valence-electron chi connectivity index (χ2n) is 25.9. The van der Waals surface area contributed by atoms with Gasteiger partial charge in [-0.1, -0.05) is 310 Å². The minimum Gasteiger partial charge on any atom is -0.462 e. The molecule has 0 aliphatic rings. The zero-order valence-corrected chi connectivity index (χ0v) is 64.6. The summed E-state index contributed by atoms with van der Waals surface area (Å²) in [5.74, 6) is -2.27. The molecule has 0 aromatic heterocycles. The molecule has 0 spiro atoms. The number of ether oxygens (including phenoxy) is 4. The zero-order chi connectivity index (χ0) is 73.2. The second kappa shape index (κ2) is 73.0. The van der Waals surface area contributed by atoms with Gasteiger partial charge in [-0.05, 0) is 96.3 Å². The summed E-state index contributed by atoms with van der Waals surface area (Å²) < 4.78 is 68.4. The molecule has 5 atom stereocenters. The Morgan fingerprint density at radius 3 is 0.860 bits per heavy atom. The highest BCUT2D eigenvalue weighted by atomic mass is 31.2. The van der Waals surface area contributed by atoms with E-state index < -0.39 is 97.5 Å². The van der Waals surface area contributed by atoms with Crippen molar-refractivity contribution in [3.8, 4) is 0 Å². The van der Waals surface area contributed by atoms with Crippen molar-refractivity contribution in [3.05, 3.63) is 109 Å². The fraction of sp³-hybridized carbons (Fsp3) is 0.728. The molecule has 0 bridgehead atoms. The Labute approximate surface area is 607 Å². The van der Waals surface area contributed by atoms with E-state index in [1.165, 1.54) is 103 Å². The van der Waals surface area contributed by atoms with Crippen LogP contribution in [0.1, 0.15) is 323 Å². The minimum atomic E-state index is -4.99. The smallest absolute Gasteiger partial charge is 0.462 e. The van der Waals surface area contributed by atoms with Crippen molar-refractivity contribution in [2.75, 3.05) is 39.6 Å². The summed E-state index contributed by atoms with van der Waals surface area (Å²) in [6.45, 7) is 4.57. The number of aliphatic hydroxyl groups is 1. The number of aliphatic hydroxyl groups excluding tert-OH is 1. The molecule has 19 heteroatoms. The molecule has 0 amide bonds. The maximum atomic E-state index is 13.1. The Balaban J connectivity index is 5.37. The number of carbonyl (C=O) groups excluding carboxylic acids is 4. The number of hydrogen-bond acceptors (Lipinski definition) is 15. The molecular formula is C81H140O17P2. The van der Waals surface area contributed by atoms with Crippen LogP contribution < -0.4 is 0 Å². The van der Waals surface area contributed by atoms with Crippen molar-refractivity contribution in [2.45, 2.75) is 341 Å². The van der Waals surface area contributed by atoms with E-state index in [0.29, 0.717) is 32.1 Å². The molecule has 17 nitrogen and oxygen atoms in total. The normalized spacial score (nSPS) is 14.5. The Morgan fingerprint density at radius 1 is 0.290 bits per heavy atom. The Hall–Kier alpha value is -4.28. The van der Waals surface area contributed by atoms with Gasteiger partial charge in [0, 0.05) is 25.7 Å². The molecule has 0 rings (SSSR count). The summed E-state index contributed by atoms with van der Waals surface area (Å²) in [7, 11) is -9.97. The summed E-state index contributed by atoms with van der Waals surface area (Å²) in [5, 5.41) is 10.6. The summed E-state index contributed by atoms with van der Waals surface area (Å²) in [5.41, 5.74) is 0. The SMILES string of the molecule is CC/C=C\C/C=C\C/C=C\C/C=C\C/C=C\C/C=C\CCC(=O)OCC(COP(=O)(O)OCC(O)COP(=O)(O)OCC(COC(=O)CCCCCCC/C=C\C/C=C\C/C=C\CC)OC(=O)CCCCCCCCCCCCCCCCC)OC(=O)CCCCCCCCCCCCC. The van der Waals surface area contributed by atoms with Crippen LogP contribution in [0.4, 0.5) is 0 Å². The van der Waals surface area contributed by atoms with Crippen LogP contribution in [0.25, 0.3) is 0 Å². The van der Waals surface area contributed by atoms with Crippen LogP contribution in [-0.2, 0) is 65.4 Å². The van der Waals surface area contributed by atoms with E-state index in [1.54, 1.807) is 0 Å². The first kappa shape index (κ1) is 95.7. The van der Waals surface area contributed by atoms with Crippen molar-refractivity contribution >= 4 is 39.5 Å². The van der Waals surface area contributed by atoms with Gasteiger partial charge < -0.3 is 33.8 Å². The van der Waals surface area contributed by atoms with Crippen LogP contribution in [-0.4, -0.2) is 96.7 Å². The van der Waals surface area contributed by atoms with Crippen LogP contribution in [0.5, 0.6) is 0 Å². The van der Waals surface area contributed by atoms with Crippen molar-refractivity contribution in [1.82, 2.24) is 0 Å². The lowest BCUT2D eigenvalue weighted by atomic mass is 10.0. The van der Waals surface area contributed by atoms with Gasteiger partial charge >= 0.3 is 39.5 Å². The first-order valence-electron chi connectivity index (χ1n) is 39.1. The molecule has 100 heavy (non-hydrogen) atoms. The predicted molar refractivity (Wildman–Crippen MR) is 408 cm³/mol. The maximum absolute atomic E-state index is 13.1. The average Bonchev–Trinajstić information content (AvgIpc) is 0.953. The molecule has 0 saturated carbocycles. The van der Waals surface area contributed by atoms with Crippen LogP contribution in [0.3, 0.4) is 0 Å². The van der Waals surface area contributed by atoms with Gasteiger partial charge in [0.1, 0.15) is 19.3 Å². The first-order valence-corrected chi connectivity index (χ1v) is 42.1. The summed E-state index contributed by atoms with van der Waals surface area (Å²) in [4.78, 5) is 72.8. The lowest BCUT2D eigenvalue weighted by molar-refractivity contribution is -0.161. The molecular weight excluding hydrogens is 1310 g/mol. The van der Waals surface area contributed by atoms with E-state index >= 15 is 0 Å². The predicted octanol–water partition coefficient (Wildman–Crippen LogP) is 22.6. The van der Waals surface area contributed by atoms with E-state index in [1.807, 2.05) is 18.2 Å². The topological polar surface area (TPSA) is 237 Å². The van der Waals surface area contributed by atoms with Gasteiger partial charge in [0.05, 0.1) is 26.4 Å². The number of hydrogen-bond donors (Lipinski definition) is 3. The fourth-order valence-electron chi connectivity index (χ4n) is 10.4. The van der Waals surface area contributed by atoms with Gasteiger partial charge in [0.25, 0.3) is 0 Å². The molecule has 0 aromatic carbocycles. The number of rotatable bonds is 73. The average molecular weight is 1450 g/mol. The molecule has 5 unspecified atom stereocenters. The third-order valence-corrected chi connectivity index (χ3v) is 18.2. The molecule has 0 aliphatic heterocycles. The fourth-order valence-corrected chi connectivity index (χ4v) is 12.0. The van der Waals surface area contributed by atoms with Gasteiger partial charge in [0.15, 0.2) is 12.2 Å². The Morgan fingerprint density at radius 2 is 0.540 bits per heavy atom. The molecule has 0 fully saturated rings. The number of unbranched alkanes of at least 4 members (excludes halogenated alkanes) is 29. The summed E-state index contributed by atoms with van der Waals surface area (Å²) >= 11 is 0. The third-order valence-electron chi connectivity index (χ3n) is 16.3. The lowest BCUT2D eigenvalue weighted by Crippen LogP contribution is -2.30. The summed E-state index contributed by atoms with van der Waals surface area (Å²) in [6, 6.07) is 0. The maximum Gasteiger partial charge on any atom is 0.472 e. The highest BCUT2D eigenvalue weighted by Crippen LogP contribution is 2.45. The number of phosphoric acid groups is 2. The first-order chi connectivity index (χ1) is 48.7. The lowest BCUT2D eigenvalue weighted by Gasteiger charge is -2.21. The van der Waals surface area contributed by atoms with Gasteiger partial charge in [-0.25, -0.2) is 9.13 Å². The Kier molecular flexibility index (Phi) is 69.9. The number of phosphoric ester groups is 2. The van der Waals surface area contributed by atoms with Crippen molar-refractivity contribution < 1.29 is 80.2 Å². The quantitative estimate of drug-likeness (QED) is 0.0169. The van der Waals surface area contributed by atoms with Gasteiger partial charge in [-0.2, -0.15) is 0 Å². The molecule has 3 N–H and O–H groups in total. The molecule has 0 aliphatic carbocycles. The summed E-state index contributed by atoms with van der Waals surface area (Å²) in [6.07, 6.45) is 78.1. The second-order valence-corrected chi connectivity index (χ2v) is 28.8.